The predicted molar refractivity (Wildman–Crippen MR) is 144 cm³/mol. The Bertz CT molecular complexity index is 1300. The fraction of sp³-hybridized carbons (Fsp3) is 0.308. The van der Waals surface area contributed by atoms with Gasteiger partial charge in [-0.2, -0.15) is 0 Å². The number of thioether (sulfide) groups is 1. The number of thiocarbonyl (C=S) groups is 1. The van der Waals surface area contributed by atoms with Crippen LogP contribution in [0.25, 0.3) is 11.7 Å². The molecule has 1 N–H and O–H groups in total. The van der Waals surface area contributed by atoms with E-state index in [0.717, 1.165) is 30.4 Å². The van der Waals surface area contributed by atoms with Gasteiger partial charge in [-0.3, -0.25) is 18.9 Å². The first-order valence-corrected chi connectivity index (χ1v) is 12.8. The molecule has 0 aliphatic carbocycles. The Kier molecular flexibility index (Phi) is 7.80. The monoisotopic (exact) mass is 492 g/mol. The number of fused-ring (bicyclic) bond motifs is 1. The van der Waals surface area contributed by atoms with Crippen molar-refractivity contribution >= 4 is 51.7 Å². The van der Waals surface area contributed by atoms with Gasteiger partial charge in [0.05, 0.1) is 17.0 Å². The van der Waals surface area contributed by atoms with E-state index < -0.39 is 0 Å². The molecular weight excluding hydrogens is 464 g/mol. The van der Waals surface area contributed by atoms with E-state index in [-0.39, 0.29) is 11.5 Å². The number of hydrogen-bond donors (Lipinski definition) is 1. The summed E-state index contributed by atoms with van der Waals surface area (Å²) in [4.78, 5) is 33.2. The van der Waals surface area contributed by atoms with Crippen LogP contribution in [0.1, 0.15) is 49.3 Å². The van der Waals surface area contributed by atoms with Crippen LogP contribution in [-0.4, -0.2) is 31.1 Å². The summed E-state index contributed by atoms with van der Waals surface area (Å²) in [7, 11) is 0. The zero-order chi connectivity index (χ0) is 24.1. The Morgan fingerprint density at radius 2 is 1.88 bits per heavy atom. The summed E-state index contributed by atoms with van der Waals surface area (Å²) in [6.45, 7) is 5.31. The molecule has 1 aromatic carbocycles. The third-order valence-corrected chi connectivity index (χ3v) is 7.08. The average Bonchev–Trinajstić information content (AvgIpc) is 3.10. The number of nitrogens with one attached hydrogen (secondary N) is 1. The molecule has 3 aromatic rings. The van der Waals surface area contributed by atoms with E-state index in [1.165, 1.54) is 22.6 Å². The molecule has 34 heavy (non-hydrogen) atoms. The van der Waals surface area contributed by atoms with E-state index in [2.05, 4.69) is 17.2 Å². The highest BCUT2D eigenvalue weighted by Crippen LogP contribution is 2.34. The smallest absolute Gasteiger partial charge is 0.267 e. The van der Waals surface area contributed by atoms with Gasteiger partial charge in [0.1, 0.15) is 15.8 Å². The topological polar surface area (TPSA) is 66.7 Å². The number of carbonyl (C=O) groups is 1. The number of nitrogens with zero attached hydrogens (tertiary/aromatic N) is 3. The lowest BCUT2D eigenvalue weighted by atomic mass is 10.1. The fourth-order valence-corrected chi connectivity index (χ4v) is 5.01. The molecule has 1 saturated heterocycles. The van der Waals surface area contributed by atoms with Crippen molar-refractivity contribution in [2.24, 2.45) is 0 Å². The molecule has 0 unspecified atom stereocenters. The molecule has 2 aromatic heterocycles. The number of aromatic nitrogens is 2. The summed E-state index contributed by atoms with van der Waals surface area (Å²) in [5.41, 5.74) is 2.88. The van der Waals surface area contributed by atoms with E-state index in [1.807, 2.05) is 37.3 Å². The number of benzene rings is 1. The second-order valence-corrected chi connectivity index (χ2v) is 10.0. The first kappa shape index (κ1) is 24.2. The standard InChI is InChI=1S/C26H28N4O2S2/c1-3-4-5-7-14-27-23-20(24(31)29-15-8-6-9-22(29)28-23)16-21-25(32)30(26(33)34-21)17-19-12-10-18(2)11-13-19/h6,8-13,15-16,27H,3-5,7,14,17H2,1-2H3/b21-16+. The maximum atomic E-state index is 13.3. The van der Waals surface area contributed by atoms with E-state index in [1.54, 1.807) is 29.3 Å². The normalized spacial score (nSPS) is 15.0. The molecule has 3 heterocycles. The highest BCUT2D eigenvalue weighted by molar-refractivity contribution is 8.26. The van der Waals surface area contributed by atoms with Crippen LogP contribution >= 0.6 is 24.0 Å². The number of amides is 1. The number of hydrogen-bond acceptors (Lipinski definition) is 6. The zero-order valence-corrected chi connectivity index (χ0v) is 21.0. The van der Waals surface area contributed by atoms with E-state index in [4.69, 9.17) is 12.2 Å². The van der Waals surface area contributed by atoms with Gasteiger partial charge in [-0.05, 0) is 37.1 Å². The van der Waals surface area contributed by atoms with Crippen molar-refractivity contribution in [3.05, 3.63) is 80.6 Å². The van der Waals surface area contributed by atoms with Crippen molar-refractivity contribution in [1.82, 2.24) is 14.3 Å². The van der Waals surface area contributed by atoms with Crippen LogP contribution < -0.4 is 10.9 Å². The van der Waals surface area contributed by atoms with E-state index in [9.17, 15) is 9.59 Å². The molecule has 0 radical (unpaired) electrons. The van der Waals surface area contributed by atoms with Gasteiger partial charge in [-0.15, -0.1) is 0 Å². The number of rotatable bonds is 9. The molecule has 1 amide bonds. The predicted octanol–water partition coefficient (Wildman–Crippen LogP) is 5.40. The fourth-order valence-electron chi connectivity index (χ4n) is 3.77. The lowest BCUT2D eigenvalue weighted by molar-refractivity contribution is -0.122. The Balaban J connectivity index is 1.64. The quantitative estimate of drug-likeness (QED) is 0.245. The molecule has 8 heteroatoms. The van der Waals surface area contributed by atoms with Crippen molar-refractivity contribution in [1.29, 1.82) is 0 Å². The summed E-state index contributed by atoms with van der Waals surface area (Å²) in [5, 5.41) is 3.33. The van der Waals surface area contributed by atoms with Gasteiger partial charge in [0.15, 0.2) is 0 Å². The first-order chi connectivity index (χ1) is 16.5. The van der Waals surface area contributed by atoms with Gasteiger partial charge in [-0.25, -0.2) is 4.98 Å². The third-order valence-electron chi connectivity index (χ3n) is 5.70. The average molecular weight is 493 g/mol. The minimum absolute atomic E-state index is 0.193. The summed E-state index contributed by atoms with van der Waals surface area (Å²) < 4.78 is 1.99. The van der Waals surface area contributed by atoms with Crippen molar-refractivity contribution in [3.8, 4) is 0 Å². The Morgan fingerprint density at radius 1 is 1.09 bits per heavy atom. The van der Waals surface area contributed by atoms with Crippen LogP contribution in [0.2, 0.25) is 0 Å². The Hall–Kier alpha value is -2.97. The molecule has 1 aliphatic heterocycles. The second-order valence-electron chi connectivity index (χ2n) is 8.35. The van der Waals surface area contributed by atoms with Crippen molar-refractivity contribution in [2.75, 3.05) is 11.9 Å². The summed E-state index contributed by atoms with van der Waals surface area (Å²) >= 11 is 6.72. The summed E-state index contributed by atoms with van der Waals surface area (Å²) in [6.07, 6.45) is 7.76. The Labute approximate surface area is 209 Å². The first-order valence-electron chi connectivity index (χ1n) is 11.5. The largest absolute Gasteiger partial charge is 0.369 e. The van der Waals surface area contributed by atoms with E-state index in [0.29, 0.717) is 39.3 Å². The van der Waals surface area contributed by atoms with Gasteiger partial charge in [0, 0.05) is 12.7 Å². The minimum Gasteiger partial charge on any atom is -0.369 e. The molecule has 0 saturated carbocycles. The maximum absolute atomic E-state index is 13.3. The molecule has 1 aliphatic rings. The number of pyridine rings is 1. The second kappa shape index (κ2) is 11.0. The molecule has 0 spiro atoms. The van der Waals surface area contributed by atoms with E-state index >= 15 is 0 Å². The van der Waals surface area contributed by atoms with Crippen LogP contribution in [0.3, 0.4) is 0 Å². The maximum Gasteiger partial charge on any atom is 0.267 e. The van der Waals surface area contributed by atoms with Crippen molar-refractivity contribution in [2.45, 2.75) is 46.1 Å². The van der Waals surface area contributed by atoms with Crippen LogP contribution in [-0.2, 0) is 11.3 Å². The lowest BCUT2D eigenvalue weighted by Crippen LogP contribution is -2.27. The number of aryl methyl sites for hydroxylation is 1. The number of anilines is 1. The third kappa shape index (κ3) is 5.39. The highest BCUT2D eigenvalue weighted by Gasteiger charge is 2.32. The van der Waals surface area contributed by atoms with Gasteiger partial charge in [-0.1, -0.05) is 86.1 Å². The van der Waals surface area contributed by atoms with Crippen molar-refractivity contribution < 1.29 is 4.79 Å². The van der Waals surface area contributed by atoms with Crippen molar-refractivity contribution in [3.63, 3.8) is 0 Å². The minimum atomic E-state index is -0.217. The molecule has 176 valence electrons. The molecule has 4 rings (SSSR count). The molecule has 6 nitrogen and oxygen atoms in total. The number of unbranched alkanes of at least 4 members (excludes halogenated alkanes) is 3. The van der Waals surface area contributed by atoms with Gasteiger partial charge in [0.2, 0.25) is 0 Å². The van der Waals surface area contributed by atoms with Crippen LogP contribution in [0.5, 0.6) is 0 Å². The SMILES string of the molecule is CCCCCCNc1nc2ccccn2c(=O)c1/C=C1/SC(=S)N(Cc2ccc(C)cc2)C1=O. The van der Waals surface area contributed by atoms with Gasteiger partial charge >= 0.3 is 0 Å². The Morgan fingerprint density at radius 3 is 2.65 bits per heavy atom. The molecule has 0 atom stereocenters. The lowest BCUT2D eigenvalue weighted by Gasteiger charge is -2.14. The number of carbonyl (C=O) groups excluding carboxylic acids is 1. The molecule has 1 fully saturated rings. The van der Waals surface area contributed by atoms with Gasteiger partial charge < -0.3 is 5.32 Å². The molecular formula is C26H28N4O2S2. The highest BCUT2D eigenvalue weighted by atomic mass is 32.2. The zero-order valence-electron chi connectivity index (χ0n) is 19.4. The van der Waals surface area contributed by atoms with Gasteiger partial charge in [0.25, 0.3) is 11.5 Å². The summed E-state index contributed by atoms with van der Waals surface area (Å²) in [5.74, 6) is 0.304. The van der Waals surface area contributed by atoms with Crippen LogP contribution in [0, 0.1) is 6.92 Å². The van der Waals surface area contributed by atoms with Crippen LogP contribution in [0.4, 0.5) is 5.82 Å². The molecule has 0 bridgehead atoms. The summed E-state index contributed by atoms with van der Waals surface area (Å²) in [6, 6.07) is 13.5. The van der Waals surface area contributed by atoms with Crippen LogP contribution in [0.15, 0.2) is 58.4 Å².